The lowest BCUT2D eigenvalue weighted by Crippen LogP contribution is -2.36. The van der Waals surface area contributed by atoms with Gasteiger partial charge in [0.1, 0.15) is 5.56 Å². The minimum absolute atomic E-state index is 0.159. The Morgan fingerprint density at radius 2 is 1.88 bits per heavy atom. The van der Waals surface area contributed by atoms with E-state index >= 15 is 0 Å². The van der Waals surface area contributed by atoms with Crippen LogP contribution in [0.25, 0.3) is 0 Å². The average molecular weight is 236 g/mol. The summed E-state index contributed by atoms with van der Waals surface area (Å²) < 4.78 is 0. The second-order valence-corrected chi connectivity index (χ2v) is 4.16. The topological polar surface area (TPSA) is 53.2 Å². The zero-order chi connectivity index (χ0) is 12.8. The van der Waals surface area contributed by atoms with Gasteiger partial charge in [0.25, 0.3) is 11.5 Å². The molecule has 4 heteroatoms. The summed E-state index contributed by atoms with van der Waals surface area (Å²) in [6.07, 6.45) is 3.36. The number of aryl methyl sites for hydroxylation is 1. The zero-order valence-electron chi connectivity index (χ0n) is 10.7. The Labute approximate surface area is 102 Å². The number of amides is 1. The third kappa shape index (κ3) is 3.19. The summed E-state index contributed by atoms with van der Waals surface area (Å²) in [7, 11) is 0. The number of hydrogen-bond donors (Lipinski definition) is 1. The molecular formula is C13H20N2O2. The van der Waals surface area contributed by atoms with Crippen LogP contribution in [0, 0.1) is 6.92 Å². The SMILES string of the molecule is CCCN(CCC)C(=O)c1c(C)cc[nH]c1=O. The van der Waals surface area contributed by atoms with Crippen LogP contribution < -0.4 is 5.56 Å². The second kappa shape index (κ2) is 6.23. The minimum atomic E-state index is -0.299. The smallest absolute Gasteiger partial charge is 0.261 e. The molecule has 0 fully saturated rings. The summed E-state index contributed by atoms with van der Waals surface area (Å²) in [6.45, 7) is 7.23. The van der Waals surface area contributed by atoms with E-state index in [9.17, 15) is 9.59 Å². The molecule has 0 aliphatic carbocycles. The van der Waals surface area contributed by atoms with Crippen molar-refractivity contribution in [3.63, 3.8) is 0 Å². The second-order valence-electron chi connectivity index (χ2n) is 4.16. The minimum Gasteiger partial charge on any atom is -0.338 e. The molecule has 1 heterocycles. The van der Waals surface area contributed by atoms with Gasteiger partial charge < -0.3 is 9.88 Å². The van der Waals surface area contributed by atoms with Gasteiger partial charge >= 0.3 is 0 Å². The quantitative estimate of drug-likeness (QED) is 0.849. The lowest BCUT2D eigenvalue weighted by atomic mass is 10.1. The standard InChI is InChI=1S/C13H20N2O2/c1-4-8-15(9-5-2)13(17)11-10(3)6-7-14-12(11)16/h6-7H,4-5,8-9H2,1-3H3,(H,14,16). The first-order valence-corrected chi connectivity index (χ1v) is 6.09. The van der Waals surface area contributed by atoms with Gasteiger partial charge in [-0.3, -0.25) is 9.59 Å². The van der Waals surface area contributed by atoms with Gasteiger partial charge in [-0.2, -0.15) is 0 Å². The molecule has 1 N–H and O–H groups in total. The van der Waals surface area contributed by atoms with E-state index in [4.69, 9.17) is 0 Å². The monoisotopic (exact) mass is 236 g/mol. The number of rotatable bonds is 5. The van der Waals surface area contributed by atoms with Gasteiger partial charge in [-0.05, 0) is 31.4 Å². The Hall–Kier alpha value is -1.58. The summed E-state index contributed by atoms with van der Waals surface area (Å²) in [5, 5.41) is 0. The molecule has 94 valence electrons. The molecule has 0 saturated carbocycles. The van der Waals surface area contributed by atoms with Crippen molar-refractivity contribution < 1.29 is 4.79 Å². The fourth-order valence-electron chi connectivity index (χ4n) is 1.86. The molecule has 0 aromatic carbocycles. The number of carbonyl (C=O) groups excluding carboxylic acids is 1. The van der Waals surface area contributed by atoms with E-state index in [0.717, 1.165) is 18.4 Å². The Bertz CT molecular complexity index is 431. The molecule has 0 spiro atoms. The third-order valence-corrected chi connectivity index (χ3v) is 2.66. The van der Waals surface area contributed by atoms with Gasteiger partial charge in [-0.1, -0.05) is 13.8 Å². The van der Waals surface area contributed by atoms with Crippen molar-refractivity contribution in [1.82, 2.24) is 9.88 Å². The number of H-pyrrole nitrogens is 1. The largest absolute Gasteiger partial charge is 0.338 e. The molecule has 1 amide bonds. The first kappa shape index (κ1) is 13.5. The summed E-state index contributed by atoms with van der Waals surface area (Å²) in [5.74, 6) is -0.159. The molecule has 1 aromatic rings. The van der Waals surface area contributed by atoms with Crippen molar-refractivity contribution in [2.45, 2.75) is 33.6 Å². The number of hydrogen-bond acceptors (Lipinski definition) is 2. The fraction of sp³-hybridized carbons (Fsp3) is 0.538. The Balaban J connectivity index is 3.05. The van der Waals surface area contributed by atoms with E-state index in [1.54, 1.807) is 24.1 Å². The van der Waals surface area contributed by atoms with Gasteiger partial charge in [0.2, 0.25) is 0 Å². The van der Waals surface area contributed by atoms with E-state index in [0.29, 0.717) is 13.1 Å². The van der Waals surface area contributed by atoms with Crippen molar-refractivity contribution >= 4 is 5.91 Å². The average Bonchev–Trinajstić information content (AvgIpc) is 2.28. The maximum Gasteiger partial charge on any atom is 0.261 e. The van der Waals surface area contributed by atoms with Crippen LogP contribution in [-0.4, -0.2) is 28.9 Å². The lowest BCUT2D eigenvalue weighted by molar-refractivity contribution is 0.0753. The summed E-state index contributed by atoms with van der Waals surface area (Å²) in [5.41, 5.74) is 0.706. The molecular weight excluding hydrogens is 216 g/mol. The van der Waals surface area contributed by atoms with Crippen LogP contribution in [0.1, 0.15) is 42.6 Å². The number of nitrogens with zero attached hydrogens (tertiary/aromatic N) is 1. The fourth-order valence-corrected chi connectivity index (χ4v) is 1.86. The maximum absolute atomic E-state index is 12.3. The first-order chi connectivity index (χ1) is 8.11. The molecule has 0 atom stereocenters. The molecule has 0 radical (unpaired) electrons. The van der Waals surface area contributed by atoms with E-state index in [1.165, 1.54) is 0 Å². The third-order valence-electron chi connectivity index (χ3n) is 2.66. The van der Waals surface area contributed by atoms with Crippen LogP contribution in [0.15, 0.2) is 17.1 Å². The Morgan fingerprint density at radius 1 is 1.29 bits per heavy atom. The molecule has 4 nitrogen and oxygen atoms in total. The van der Waals surface area contributed by atoms with Crippen molar-refractivity contribution in [3.05, 3.63) is 33.7 Å². The van der Waals surface area contributed by atoms with E-state index < -0.39 is 0 Å². The van der Waals surface area contributed by atoms with Crippen LogP contribution >= 0.6 is 0 Å². The first-order valence-electron chi connectivity index (χ1n) is 6.09. The molecule has 1 aromatic heterocycles. The van der Waals surface area contributed by atoms with Crippen molar-refractivity contribution in [1.29, 1.82) is 0 Å². The highest BCUT2D eigenvalue weighted by molar-refractivity contribution is 5.95. The highest BCUT2D eigenvalue weighted by Crippen LogP contribution is 2.06. The van der Waals surface area contributed by atoms with Crippen molar-refractivity contribution in [2.75, 3.05) is 13.1 Å². The van der Waals surface area contributed by atoms with Crippen LogP contribution in [-0.2, 0) is 0 Å². The number of carbonyl (C=O) groups is 1. The molecule has 0 unspecified atom stereocenters. The molecule has 1 rings (SSSR count). The van der Waals surface area contributed by atoms with Gasteiger partial charge in [0, 0.05) is 19.3 Å². The zero-order valence-corrected chi connectivity index (χ0v) is 10.7. The molecule has 0 aliphatic rings. The number of aromatic amines is 1. The number of aromatic nitrogens is 1. The molecule has 0 saturated heterocycles. The Morgan fingerprint density at radius 3 is 2.35 bits per heavy atom. The van der Waals surface area contributed by atoms with E-state index in [1.807, 2.05) is 13.8 Å². The number of nitrogens with one attached hydrogen (secondary N) is 1. The summed E-state index contributed by atoms with van der Waals surface area (Å²) >= 11 is 0. The van der Waals surface area contributed by atoms with Crippen molar-refractivity contribution in [3.8, 4) is 0 Å². The normalized spacial score (nSPS) is 10.3. The highest BCUT2D eigenvalue weighted by atomic mass is 16.2. The molecule has 0 aliphatic heterocycles. The molecule has 0 bridgehead atoms. The maximum atomic E-state index is 12.3. The van der Waals surface area contributed by atoms with Crippen LogP contribution in [0.4, 0.5) is 0 Å². The van der Waals surface area contributed by atoms with Crippen molar-refractivity contribution in [2.24, 2.45) is 0 Å². The van der Waals surface area contributed by atoms with Gasteiger partial charge in [0.15, 0.2) is 0 Å². The van der Waals surface area contributed by atoms with Gasteiger partial charge in [-0.15, -0.1) is 0 Å². The summed E-state index contributed by atoms with van der Waals surface area (Å²) in [6, 6.07) is 1.75. The Kier molecular flexibility index (Phi) is 4.94. The van der Waals surface area contributed by atoms with Crippen LogP contribution in [0.2, 0.25) is 0 Å². The van der Waals surface area contributed by atoms with Crippen LogP contribution in [0.5, 0.6) is 0 Å². The van der Waals surface area contributed by atoms with Gasteiger partial charge in [0.05, 0.1) is 0 Å². The predicted molar refractivity (Wildman–Crippen MR) is 68.3 cm³/mol. The molecule has 17 heavy (non-hydrogen) atoms. The summed E-state index contributed by atoms with van der Waals surface area (Å²) in [4.78, 5) is 28.3. The van der Waals surface area contributed by atoms with Gasteiger partial charge in [-0.25, -0.2) is 0 Å². The van der Waals surface area contributed by atoms with Crippen LogP contribution in [0.3, 0.4) is 0 Å². The number of pyridine rings is 1. The predicted octanol–water partition coefficient (Wildman–Crippen LogP) is 1.95. The van der Waals surface area contributed by atoms with E-state index in [2.05, 4.69) is 4.98 Å². The lowest BCUT2D eigenvalue weighted by Gasteiger charge is -2.21. The highest BCUT2D eigenvalue weighted by Gasteiger charge is 2.19. The van der Waals surface area contributed by atoms with E-state index in [-0.39, 0.29) is 17.0 Å².